The molecule has 0 amide bonds. The van der Waals surface area contributed by atoms with Crippen molar-refractivity contribution in [2.45, 2.75) is 82.7 Å². The van der Waals surface area contributed by atoms with Gasteiger partial charge in [0.25, 0.3) is 0 Å². The summed E-state index contributed by atoms with van der Waals surface area (Å²) in [7, 11) is 1.77. The second kappa shape index (κ2) is 10.8. The van der Waals surface area contributed by atoms with Gasteiger partial charge in [-0.3, -0.25) is 0 Å². The molecule has 2 aliphatic carbocycles. The second-order valence-corrected chi connectivity index (χ2v) is 15.5. The predicted octanol–water partition coefficient (Wildman–Crippen LogP) is 10.2. The molecule has 0 saturated carbocycles. The Bertz CT molecular complexity index is 1610. The van der Waals surface area contributed by atoms with E-state index in [4.69, 9.17) is 18.5 Å². The van der Waals surface area contributed by atoms with E-state index >= 15 is 0 Å². The summed E-state index contributed by atoms with van der Waals surface area (Å²) in [4.78, 5) is 0. The molecular formula is C39H44NO4P. The standard InChI is InChI=1S/C39H44NO4P/c1-25(27-15-11-9-12-16-27)40(26(2)28-17-13-10-14-18-28)45-43-35-31(41-7)21-19-29-33(35)39(23-37(29,3)4)24-38(5,6)30-20-22-32(42-8)36(44-45)34(30)39/h9-22,25-26H,23-24H2,1-8H3/t25-,26-,39?/m1/s1. The Labute approximate surface area is 269 Å². The summed E-state index contributed by atoms with van der Waals surface area (Å²) >= 11 is 0. The van der Waals surface area contributed by atoms with E-state index in [1.165, 1.54) is 33.4 Å². The van der Waals surface area contributed by atoms with Crippen LogP contribution >= 0.6 is 8.53 Å². The zero-order valence-corrected chi connectivity index (χ0v) is 28.6. The second-order valence-electron chi connectivity index (χ2n) is 14.2. The molecule has 45 heavy (non-hydrogen) atoms. The van der Waals surface area contributed by atoms with E-state index in [9.17, 15) is 0 Å². The van der Waals surface area contributed by atoms with Crippen LogP contribution in [0.4, 0.5) is 0 Å². The molecule has 0 bridgehead atoms. The van der Waals surface area contributed by atoms with Gasteiger partial charge in [0, 0.05) is 28.6 Å². The van der Waals surface area contributed by atoms with Crippen LogP contribution in [0.2, 0.25) is 0 Å². The van der Waals surface area contributed by atoms with E-state index in [1.54, 1.807) is 14.2 Å². The lowest BCUT2D eigenvalue weighted by molar-refractivity contribution is 0.238. The Morgan fingerprint density at radius 2 is 1.02 bits per heavy atom. The normalized spacial score (nSPS) is 19.8. The van der Waals surface area contributed by atoms with Gasteiger partial charge in [-0.05, 0) is 71.9 Å². The first-order valence-corrected chi connectivity index (χ1v) is 17.1. The molecule has 4 aromatic carbocycles. The van der Waals surface area contributed by atoms with Gasteiger partial charge in [0.05, 0.1) is 14.2 Å². The van der Waals surface area contributed by atoms with Gasteiger partial charge in [0.1, 0.15) is 0 Å². The lowest BCUT2D eigenvalue weighted by atomic mass is 9.72. The molecule has 0 unspecified atom stereocenters. The van der Waals surface area contributed by atoms with Crippen LogP contribution in [-0.2, 0) is 16.2 Å². The molecule has 0 N–H and O–H groups in total. The van der Waals surface area contributed by atoms with E-state index in [0.29, 0.717) is 0 Å². The van der Waals surface area contributed by atoms with Gasteiger partial charge in [-0.25, -0.2) is 4.67 Å². The Kier molecular flexibility index (Phi) is 7.22. The van der Waals surface area contributed by atoms with E-state index in [2.05, 4.69) is 131 Å². The summed E-state index contributed by atoms with van der Waals surface area (Å²) in [5.74, 6) is 3.13. The molecule has 234 valence electrons. The number of ether oxygens (including phenoxy) is 2. The van der Waals surface area contributed by atoms with Gasteiger partial charge in [-0.15, -0.1) is 0 Å². The molecule has 0 saturated heterocycles. The topological polar surface area (TPSA) is 40.2 Å². The van der Waals surface area contributed by atoms with Crippen LogP contribution in [0.15, 0.2) is 84.9 Å². The average Bonchev–Trinajstić information content (AvgIpc) is 3.40. The zero-order valence-electron chi connectivity index (χ0n) is 27.7. The van der Waals surface area contributed by atoms with Gasteiger partial charge in [-0.1, -0.05) is 100 Å². The van der Waals surface area contributed by atoms with Crippen LogP contribution in [0.5, 0.6) is 23.0 Å². The van der Waals surface area contributed by atoms with Crippen molar-refractivity contribution in [2.24, 2.45) is 0 Å². The van der Waals surface area contributed by atoms with Crippen molar-refractivity contribution in [1.82, 2.24) is 4.67 Å². The van der Waals surface area contributed by atoms with Crippen LogP contribution in [0.1, 0.15) is 99.8 Å². The lowest BCUT2D eigenvalue weighted by Gasteiger charge is -2.41. The van der Waals surface area contributed by atoms with Crippen LogP contribution in [0.3, 0.4) is 0 Å². The summed E-state index contributed by atoms with van der Waals surface area (Å²) < 4.78 is 29.3. The van der Waals surface area contributed by atoms with Gasteiger partial charge in [0.2, 0.25) is 0 Å². The fourth-order valence-corrected chi connectivity index (χ4v) is 10.3. The van der Waals surface area contributed by atoms with E-state index in [0.717, 1.165) is 35.8 Å². The third kappa shape index (κ3) is 4.57. The van der Waals surface area contributed by atoms with Crippen molar-refractivity contribution < 1.29 is 18.5 Å². The highest BCUT2D eigenvalue weighted by molar-refractivity contribution is 7.45. The highest BCUT2D eigenvalue weighted by atomic mass is 31.2. The summed E-state index contributed by atoms with van der Waals surface area (Å²) in [5.41, 5.74) is 7.12. The van der Waals surface area contributed by atoms with Crippen molar-refractivity contribution in [1.29, 1.82) is 0 Å². The highest BCUT2D eigenvalue weighted by Crippen LogP contribution is 2.71. The minimum absolute atomic E-state index is 0.0184. The van der Waals surface area contributed by atoms with Gasteiger partial charge < -0.3 is 18.5 Å². The maximum atomic E-state index is 7.35. The van der Waals surface area contributed by atoms with Crippen LogP contribution in [-0.4, -0.2) is 18.9 Å². The maximum absolute atomic E-state index is 7.35. The molecule has 1 aliphatic heterocycles. The minimum atomic E-state index is -1.72. The molecule has 4 aromatic rings. The van der Waals surface area contributed by atoms with Crippen molar-refractivity contribution in [3.05, 3.63) is 118 Å². The lowest BCUT2D eigenvalue weighted by Crippen LogP contribution is -2.32. The molecule has 0 aromatic heterocycles. The minimum Gasteiger partial charge on any atom is -0.493 e. The molecule has 0 fully saturated rings. The first-order valence-electron chi connectivity index (χ1n) is 16.0. The first kappa shape index (κ1) is 30.1. The number of nitrogens with zero attached hydrogens (tertiary/aromatic N) is 1. The van der Waals surface area contributed by atoms with Gasteiger partial charge in [0.15, 0.2) is 23.0 Å². The molecular weight excluding hydrogens is 577 g/mol. The monoisotopic (exact) mass is 621 g/mol. The Morgan fingerprint density at radius 1 is 0.622 bits per heavy atom. The number of methoxy groups -OCH3 is 2. The maximum Gasteiger partial charge on any atom is 0.385 e. The Balaban J connectivity index is 1.53. The predicted molar refractivity (Wildman–Crippen MR) is 182 cm³/mol. The number of rotatable bonds is 7. The summed E-state index contributed by atoms with van der Waals surface area (Å²) in [5, 5.41) is 0. The molecule has 6 heteroatoms. The largest absolute Gasteiger partial charge is 0.493 e. The molecule has 1 spiro atoms. The smallest absolute Gasteiger partial charge is 0.385 e. The third-order valence-electron chi connectivity index (χ3n) is 10.5. The summed E-state index contributed by atoms with van der Waals surface area (Å²) in [6.07, 6.45) is 1.92. The highest BCUT2D eigenvalue weighted by Gasteiger charge is 2.61. The zero-order chi connectivity index (χ0) is 31.7. The molecule has 7 rings (SSSR count). The van der Waals surface area contributed by atoms with Crippen LogP contribution < -0.4 is 18.5 Å². The molecule has 1 heterocycles. The van der Waals surface area contributed by atoms with Crippen molar-refractivity contribution in [2.75, 3.05) is 14.2 Å². The van der Waals surface area contributed by atoms with Crippen molar-refractivity contribution in [3.8, 4) is 23.0 Å². The van der Waals surface area contributed by atoms with E-state index < -0.39 is 8.53 Å². The summed E-state index contributed by atoms with van der Waals surface area (Å²) in [6, 6.07) is 29.9. The van der Waals surface area contributed by atoms with Gasteiger partial charge >= 0.3 is 8.53 Å². The molecule has 5 nitrogen and oxygen atoms in total. The van der Waals surface area contributed by atoms with Crippen LogP contribution in [0.25, 0.3) is 0 Å². The number of benzene rings is 4. The number of hydrogen-bond acceptors (Lipinski definition) is 5. The quantitative estimate of drug-likeness (QED) is 0.192. The fourth-order valence-electron chi connectivity index (χ4n) is 8.60. The Hall–Kier alpha value is -3.53. The van der Waals surface area contributed by atoms with Crippen molar-refractivity contribution in [3.63, 3.8) is 0 Å². The molecule has 3 aliphatic rings. The molecule has 2 atom stereocenters. The Morgan fingerprint density at radius 3 is 1.40 bits per heavy atom. The number of hydrogen-bond donors (Lipinski definition) is 0. The fraction of sp³-hybridized carbons (Fsp3) is 0.385. The SMILES string of the molecule is COc1ccc2c3c1OP(N([C@H](C)c1ccccc1)[C@H](C)c1ccccc1)Oc1c(OC)ccc4c1C3(CC2(C)C)CC4(C)C. The summed E-state index contributed by atoms with van der Waals surface area (Å²) in [6.45, 7) is 14.0. The average molecular weight is 622 g/mol. The first-order chi connectivity index (χ1) is 21.5. The van der Waals surface area contributed by atoms with Crippen LogP contribution in [0, 0.1) is 0 Å². The van der Waals surface area contributed by atoms with Gasteiger partial charge in [-0.2, -0.15) is 0 Å². The third-order valence-corrected chi connectivity index (χ3v) is 12.2. The van der Waals surface area contributed by atoms with Crippen molar-refractivity contribution >= 4 is 8.53 Å². The van der Waals surface area contributed by atoms with E-state index in [1.807, 2.05) is 0 Å². The molecule has 0 radical (unpaired) electrons. The van der Waals surface area contributed by atoms with E-state index in [-0.39, 0.29) is 28.3 Å².